The maximum Gasteiger partial charge on any atom is 0.342 e. The second kappa shape index (κ2) is 5.90. The lowest BCUT2D eigenvalue weighted by atomic mass is 9.95. The molecule has 0 aliphatic rings. The van der Waals surface area contributed by atoms with Gasteiger partial charge in [0, 0.05) is 11.1 Å². The van der Waals surface area contributed by atoms with Crippen LogP contribution in [-0.4, -0.2) is 27.1 Å². The molecule has 1 aromatic carbocycles. The van der Waals surface area contributed by atoms with Gasteiger partial charge in [0.1, 0.15) is 16.9 Å². The van der Waals surface area contributed by atoms with E-state index in [0.29, 0.717) is 0 Å². The van der Waals surface area contributed by atoms with Gasteiger partial charge in [0.05, 0.1) is 10.0 Å². The lowest BCUT2D eigenvalue weighted by molar-refractivity contribution is 0.0695. The van der Waals surface area contributed by atoms with Crippen molar-refractivity contribution < 1.29 is 24.2 Å². The molecule has 2 aromatic rings. The van der Waals surface area contributed by atoms with E-state index in [0.717, 1.165) is 12.1 Å². The number of carbonyl (C=O) groups is 2. The van der Waals surface area contributed by atoms with E-state index < -0.39 is 50.8 Å². The SMILES string of the molecule is Nc1[nH]c(=O)c(C(=O)O)c(-c2ccc(Cl)c(F)c2Cl)c1C(=O)O. The first-order valence-electron chi connectivity index (χ1n) is 5.83. The van der Waals surface area contributed by atoms with Crippen molar-refractivity contribution in [3.8, 4) is 11.1 Å². The van der Waals surface area contributed by atoms with Crippen LogP contribution >= 0.6 is 23.2 Å². The zero-order valence-corrected chi connectivity index (χ0v) is 12.5. The van der Waals surface area contributed by atoms with E-state index in [1.165, 1.54) is 0 Å². The fourth-order valence-electron chi connectivity index (χ4n) is 2.04. The molecule has 1 heterocycles. The van der Waals surface area contributed by atoms with Crippen LogP contribution in [0.4, 0.5) is 10.2 Å². The average Bonchev–Trinajstić information content (AvgIpc) is 2.43. The summed E-state index contributed by atoms with van der Waals surface area (Å²) < 4.78 is 13.9. The van der Waals surface area contributed by atoms with E-state index in [1.54, 1.807) is 0 Å². The molecule has 2 rings (SSSR count). The Morgan fingerprint density at radius 1 is 1.13 bits per heavy atom. The molecule has 23 heavy (non-hydrogen) atoms. The Hall–Kier alpha value is -2.58. The molecule has 0 unspecified atom stereocenters. The number of hydrogen-bond donors (Lipinski definition) is 4. The summed E-state index contributed by atoms with van der Waals surface area (Å²) in [6.45, 7) is 0. The molecule has 1 aromatic heterocycles. The highest BCUT2D eigenvalue weighted by molar-refractivity contribution is 6.37. The highest BCUT2D eigenvalue weighted by Crippen LogP contribution is 2.37. The van der Waals surface area contributed by atoms with Gasteiger partial charge in [0.15, 0.2) is 5.82 Å². The van der Waals surface area contributed by atoms with E-state index >= 15 is 0 Å². The molecule has 0 spiro atoms. The molecule has 5 N–H and O–H groups in total. The molecule has 0 saturated heterocycles. The molecule has 0 saturated carbocycles. The Kier molecular flexibility index (Phi) is 4.31. The van der Waals surface area contributed by atoms with Crippen LogP contribution < -0.4 is 11.3 Å². The Balaban J connectivity index is 3.07. The quantitative estimate of drug-likeness (QED) is 0.621. The third-order valence-electron chi connectivity index (χ3n) is 2.98. The molecular weight excluding hydrogens is 354 g/mol. The lowest BCUT2D eigenvalue weighted by Crippen LogP contribution is -2.24. The minimum atomic E-state index is -1.73. The van der Waals surface area contributed by atoms with Crippen LogP contribution in [0.15, 0.2) is 16.9 Å². The van der Waals surface area contributed by atoms with Crippen LogP contribution in [-0.2, 0) is 0 Å². The zero-order chi connectivity index (χ0) is 17.5. The maximum absolute atomic E-state index is 13.9. The maximum atomic E-state index is 13.9. The lowest BCUT2D eigenvalue weighted by Gasteiger charge is -2.14. The Bertz CT molecular complexity index is 910. The van der Waals surface area contributed by atoms with Gasteiger partial charge in [0.25, 0.3) is 5.56 Å². The predicted octanol–water partition coefficient (Wildman–Crippen LogP) is 2.47. The summed E-state index contributed by atoms with van der Waals surface area (Å²) >= 11 is 11.3. The van der Waals surface area contributed by atoms with Crippen LogP contribution in [0.5, 0.6) is 0 Å². The number of pyridine rings is 1. The third kappa shape index (κ3) is 2.73. The summed E-state index contributed by atoms with van der Waals surface area (Å²) in [6, 6.07) is 2.15. The van der Waals surface area contributed by atoms with Gasteiger partial charge in [0.2, 0.25) is 0 Å². The molecule has 7 nitrogen and oxygen atoms in total. The number of rotatable bonds is 3. The summed E-state index contributed by atoms with van der Waals surface area (Å²) in [6.07, 6.45) is 0. The average molecular weight is 361 g/mol. The molecule has 0 aliphatic heterocycles. The Morgan fingerprint density at radius 3 is 2.22 bits per heavy atom. The highest BCUT2D eigenvalue weighted by atomic mass is 35.5. The summed E-state index contributed by atoms with van der Waals surface area (Å²) in [7, 11) is 0. The zero-order valence-electron chi connectivity index (χ0n) is 11.0. The van der Waals surface area contributed by atoms with Gasteiger partial charge < -0.3 is 20.9 Å². The van der Waals surface area contributed by atoms with E-state index in [9.17, 15) is 29.0 Å². The van der Waals surface area contributed by atoms with Crippen molar-refractivity contribution in [2.45, 2.75) is 0 Å². The van der Waals surface area contributed by atoms with Gasteiger partial charge in [-0.15, -0.1) is 0 Å². The monoisotopic (exact) mass is 360 g/mol. The smallest absolute Gasteiger partial charge is 0.342 e. The number of hydrogen-bond acceptors (Lipinski definition) is 4. The van der Waals surface area contributed by atoms with Crippen molar-refractivity contribution in [1.29, 1.82) is 0 Å². The number of anilines is 1. The number of carboxylic acids is 2. The molecule has 0 atom stereocenters. The molecule has 0 fully saturated rings. The summed E-state index contributed by atoms with van der Waals surface area (Å²) in [4.78, 5) is 36.5. The summed E-state index contributed by atoms with van der Waals surface area (Å²) in [5.74, 6) is -5.02. The standard InChI is InChI=1S/C13H7Cl2FN2O5/c14-4-2-1-3(8(15)9(4)16)5-6(12(20)21)10(17)18-11(19)7(5)13(22)23/h1-2H,(H,20,21)(H,22,23)(H3,17,18,19). The molecule has 0 bridgehead atoms. The number of aromatic carboxylic acids is 2. The highest BCUT2D eigenvalue weighted by Gasteiger charge is 2.28. The molecule has 120 valence electrons. The van der Waals surface area contributed by atoms with Gasteiger partial charge in [-0.05, 0) is 6.07 Å². The van der Waals surface area contributed by atoms with Crippen molar-refractivity contribution in [2.24, 2.45) is 0 Å². The minimum Gasteiger partial charge on any atom is -0.478 e. The number of nitrogens with one attached hydrogen (secondary N) is 1. The van der Waals surface area contributed by atoms with Crippen LogP contribution in [0.2, 0.25) is 10.0 Å². The Morgan fingerprint density at radius 2 is 1.70 bits per heavy atom. The van der Waals surface area contributed by atoms with Crippen molar-refractivity contribution in [2.75, 3.05) is 5.73 Å². The van der Waals surface area contributed by atoms with Crippen LogP contribution in [0.25, 0.3) is 11.1 Å². The van der Waals surface area contributed by atoms with Crippen molar-refractivity contribution in [3.05, 3.63) is 49.5 Å². The number of aromatic amines is 1. The first-order valence-corrected chi connectivity index (χ1v) is 6.58. The summed E-state index contributed by atoms with van der Waals surface area (Å²) in [5, 5.41) is 17.5. The van der Waals surface area contributed by atoms with Crippen molar-refractivity contribution >= 4 is 41.0 Å². The Labute approximate surface area is 137 Å². The second-order valence-corrected chi connectivity index (χ2v) is 5.11. The number of halogens is 3. The van der Waals surface area contributed by atoms with Crippen LogP contribution in [0.1, 0.15) is 20.7 Å². The largest absolute Gasteiger partial charge is 0.478 e. The van der Waals surface area contributed by atoms with E-state index in [-0.39, 0.29) is 10.6 Å². The number of nitrogen functional groups attached to an aromatic ring is 1. The third-order valence-corrected chi connectivity index (χ3v) is 3.64. The van der Waals surface area contributed by atoms with Gasteiger partial charge in [-0.2, -0.15) is 0 Å². The van der Waals surface area contributed by atoms with Crippen LogP contribution in [0.3, 0.4) is 0 Å². The van der Waals surface area contributed by atoms with E-state index in [2.05, 4.69) is 0 Å². The number of carboxylic acid groups (broad SMARTS) is 2. The molecule has 0 radical (unpaired) electrons. The number of H-pyrrole nitrogens is 1. The summed E-state index contributed by atoms with van der Waals surface area (Å²) in [5.41, 5.74) is 1.72. The second-order valence-electron chi connectivity index (χ2n) is 4.33. The fraction of sp³-hybridized carbons (Fsp3) is 0. The minimum absolute atomic E-state index is 0.332. The van der Waals surface area contributed by atoms with E-state index in [4.69, 9.17) is 28.9 Å². The molecule has 0 aliphatic carbocycles. The first kappa shape index (κ1) is 16.8. The van der Waals surface area contributed by atoms with E-state index in [1.807, 2.05) is 4.98 Å². The first-order chi connectivity index (χ1) is 10.7. The number of benzene rings is 1. The fourth-order valence-corrected chi connectivity index (χ4v) is 2.50. The molecule has 0 amide bonds. The van der Waals surface area contributed by atoms with Gasteiger partial charge in [-0.1, -0.05) is 29.3 Å². The van der Waals surface area contributed by atoms with Gasteiger partial charge >= 0.3 is 11.9 Å². The molecule has 10 heteroatoms. The topological polar surface area (TPSA) is 133 Å². The molecular formula is C13H7Cl2FN2O5. The van der Waals surface area contributed by atoms with Crippen LogP contribution in [0, 0.1) is 5.82 Å². The van der Waals surface area contributed by atoms with Gasteiger partial charge in [-0.25, -0.2) is 14.0 Å². The predicted molar refractivity (Wildman–Crippen MR) is 80.8 cm³/mol. The normalized spacial score (nSPS) is 10.6. The van der Waals surface area contributed by atoms with Gasteiger partial charge in [-0.3, -0.25) is 4.79 Å². The number of aromatic nitrogens is 1. The van der Waals surface area contributed by atoms with Crippen molar-refractivity contribution in [1.82, 2.24) is 4.98 Å². The number of nitrogens with two attached hydrogens (primary N) is 1. The van der Waals surface area contributed by atoms with Crippen molar-refractivity contribution in [3.63, 3.8) is 0 Å².